The van der Waals surface area contributed by atoms with Crippen LogP contribution in [0.15, 0.2) is 42.7 Å². The summed E-state index contributed by atoms with van der Waals surface area (Å²) in [5, 5.41) is 3.13. The van der Waals surface area contributed by atoms with Crippen molar-refractivity contribution in [2.24, 2.45) is 0 Å². The van der Waals surface area contributed by atoms with E-state index in [1.165, 1.54) is 4.88 Å². The van der Waals surface area contributed by atoms with E-state index in [9.17, 15) is 4.79 Å². The van der Waals surface area contributed by atoms with E-state index in [1.807, 2.05) is 41.4 Å². The van der Waals surface area contributed by atoms with Crippen molar-refractivity contribution in [3.8, 4) is 0 Å². The van der Waals surface area contributed by atoms with E-state index >= 15 is 0 Å². The zero-order valence-corrected chi connectivity index (χ0v) is 16.9. The first kappa shape index (κ1) is 17.8. The Kier molecular flexibility index (Phi) is 4.40. The standard InChI is InChI=1S/C22H24N4OS/c1-16-24-13-18(28-16)14-26-12-9-22(26)8-4-11-25(15-22)21(27)20-19-6-3-2-5-17(19)7-10-23-20/h2-3,5-7,10,13H,4,8-9,11-12,14-15H2,1H3/t22-/m1/s1. The number of hydrogen-bond donors (Lipinski definition) is 0. The molecule has 0 saturated carbocycles. The molecule has 28 heavy (non-hydrogen) atoms. The van der Waals surface area contributed by atoms with E-state index in [0.717, 1.165) is 61.2 Å². The highest BCUT2D eigenvalue weighted by atomic mass is 32.1. The van der Waals surface area contributed by atoms with Gasteiger partial charge in [0.1, 0.15) is 5.69 Å². The maximum absolute atomic E-state index is 13.3. The Morgan fingerprint density at radius 3 is 2.86 bits per heavy atom. The highest BCUT2D eigenvalue weighted by Gasteiger charge is 2.48. The summed E-state index contributed by atoms with van der Waals surface area (Å²) in [5.74, 6) is 0.0661. The monoisotopic (exact) mass is 392 g/mol. The molecule has 5 nitrogen and oxygen atoms in total. The molecule has 2 aliphatic heterocycles. The molecule has 0 bridgehead atoms. The van der Waals surface area contributed by atoms with E-state index in [2.05, 4.69) is 21.8 Å². The molecule has 2 fully saturated rings. The molecule has 6 heteroatoms. The van der Waals surface area contributed by atoms with Gasteiger partial charge in [-0.25, -0.2) is 4.98 Å². The van der Waals surface area contributed by atoms with Crippen molar-refractivity contribution in [1.82, 2.24) is 19.8 Å². The van der Waals surface area contributed by atoms with E-state index in [4.69, 9.17) is 0 Å². The van der Waals surface area contributed by atoms with Gasteiger partial charge in [-0.2, -0.15) is 0 Å². The zero-order chi connectivity index (χ0) is 19.1. The number of nitrogens with zero attached hydrogens (tertiary/aromatic N) is 4. The number of amides is 1. The number of rotatable bonds is 3. The summed E-state index contributed by atoms with van der Waals surface area (Å²) in [4.78, 5) is 28.1. The number of carbonyl (C=O) groups excluding carboxylic acids is 1. The molecule has 1 aromatic carbocycles. The molecule has 0 radical (unpaired) electrons. The van der Waals surface area contributed by atoms with Crippen LogP contribution in [0.3, 0.4) is 0 Å². The first-order chi connectivity index (χ1) is 13.6. The van der Waals surface area contributed by atoms with Crippen LogP contribution in [0.2, 0.25) is 0 Å². The number of aromatic nitrogens is 2. The van der Waals surface area contributed by atoms with E-state index in [0.29, 0.717) is 5.69 Å². The van der Waals surface area contributed by atoms with Crippen LogP contribution in [0.25, 0.3) is 10.8 Å². The number of piperidine rings is 1. The molecule has 0 N–H and O–H groups in total. The van der Waals surface area contributed by atoms with Gasteiger partial charge in [-0.1, -0.05) is 24.3 Å². The fourth-order valence-electron chi connectivity index (χ4n) is 4.69. The van der Waals surface area contributed by atoms with Gasteiger partial charge in [0, 0.05) is 54.4 Å². The first-order valence-corrected chi connectivity index (χ1v) is 10.8. The first-order valence-electron chi connectivity index (χ1n) is 9.94. The summed E-state index contributed by atoms with van der Waals surface area (Å²) in [7, 11) is 0. The summed E-state index contributed by atoms with van der Waals surface area (Å²) in [6.07, 6.45) is 7.12. The van der Waals surface area contributed by atoms with Crippen LogP contribution in [-0.2, 0) is 6.54 Å². The topological polar surface area (TPSA) is 49.3 Å². The van der Waals surface area contributed by atoms with Crippen LogP contribution in [-0.4, -0.2) is 50.8 Å². The molecular weight excluding hydrogens is 368 g/mol. The minimum atomic E-state index is 0.0661. The maximum atomic E-state index is 13.3. The number of carbonyl (C=O) groups is 1. The number of pyridine rings is 1. The lowest BCUT2D eigenvalue weighted by molar-refractivity contribution is -0.0643. The molecule has 1 atom stereocenters. The van der Waals surface area contributed by atoms with Gasteiger partial charge in [0.2, 0.25) is 0 Å². The number of thiazole rings is 1. The molecule has 2 aliphatic rings. The summed E-state index contributed by atoms with van der Waals surface area (Å²) in [6.45, 7) is 5.72. The molecule has 2 aromatic heterocycles. The van der Waals surface area contributed by atoms with Gasteiger partial charge in [-0.3, -0.25) is 14.7 Å². The lowest BCUT2D eigenvalue weighted by Crippen LogP contribution is -2.66. The third kappa shape index (κ3) is 3.01. The molecular formula is C22H24N4OS. The Hall–Kier alpha value is -2.31. The summed E-state index contributed by atoms with van der Waals surface area (Å²) in [6, 6.07) is 9.98. The van der Waals surface area contributed by atoms with Gasteiger partial charge >= 0.3 is 0 Å². The third-order valence-corrected chi connectivity index (χ3v) is 7.15. The number of aryl methyl sites for hydroxylation is 1. The SMILES string of the molecule is Cc1ncc(CN2CC[C@@]23CCCN(C(=O)c2nccc4ccccc24)C3)s1. The Balaban J connectivity index is 1.37. The number of fused-ring (bicyclic) bond motifs is 1. The molecule has 1 spiro atoms. The second kappa shape index (κ2) is 6.94. The van der Waals surface area contributed by atoms with Crippen LogP contribution in [0.5, 0.6) is 0 Å². The minimum absolute atomic E-state index is 0.0661. The predicted molar refractivity (Wildman–Crippen MR) is 111 cm³/mol. The third-order valence-electron chi connectivity index (χ3n) is 6.25. The lowest BCUT2D eigenvalue weighted by Gasteiger charge is -2.57. The smallest absolute Gasteiger partial charge is 0.273 e. The van der Waals surface area contributed by atoms with Crippen LogP contribution < -0.4 is 0 Å². The van der Waals surface area contributed by atoms with E-state index < -0.39 is 0 Å². The predicted octanol–water partition coefficient (Wildman–Crippen LogP) is 3.88. The molecule has 1 amide bonds. The maximum Gasteiger partial charge on any atom is 0.273 e. The molecule has 2 saturated heterocycles. The summed E-state index contributed by atoms with van der Waals surface area (Å²) in [5.41, 5.74) is 0.704. The van der Waals surface area contributed by atoms with Crippen LogP contribution in [0.4, 0.5) is 0 Å². The van der Waals surface area contributed by atoms with Crippen molar-refractivity contribution < 1.29 is 4.79 Å². The Morgan fingerprint density at radius 1 is 1.18 bits per heavy atom. The molecule has 144 valence electrons. The van der Waals surface area contributed by atoms with Gasteiger partial charge < -0.3 is 4.90 Å². The van der Waals surface area contributed by atoms with Crippen molar-refractivity contribution in [3.05, 3.63) is 58.3 Å². The number of hydrogen-bond acceptors (Lipinski definition) is 5. The van der Waals surface area contributed by atoms with Crippen LogP contribution in [0, 0.1) is 6.92 Å². The van der Waals surface area contributed by atoms with Crippen molar-refractivity contribution in [1.29, 1.82) is 0 Å². The quantitative estimate of drug-likeness (QED) is 0.679. The Morgan fingerprint density at radius 2 is 2.07 bits per heavy atom. The zero-order valence-electron chi connectivity index (χ0n) is 16.1. The second-order valence-corrected chi connectivity index (χ2v) is 9.27. The van der Waals surface area contributed by atoms with Gasteiger partial charge in [-0.15, -0.1) is 11.3 Å². The van der Waals surface area contributed by atoms with Crippen LogP contribution >= 0.6 is 11.3 Å². The molecule has 4 heterocycles. The summed E-state index contributed by atoms with van der Waals surface area (Å²) < 4.78 is 0. The number of likely N-dealkylation sites (tertiary alicyclic amines) is 2. The lowest BCUT2D eigenvalue weighted by atomic mass is 9.77. The molecule has 3 aromatic rings. The van der Waals surface area contributed by atoms with Gasteiger partial charge in [0.15, 0.2) is 0 Å². The fraction of sp³-hybridized carbons (Fsp3) is 0.409. The van der Waals surface area contributed by atoms with Gasteiger partial charge in [0.25, 0.3) is 5.91 Å². The molecule has 0 aliphatic carbocycles. The Bertz CT molecular complexity index is 1030. The second-order valence-electron chi connectivity index (χ2n) is 7.95. The van der Waals surface area contributed by atoms with Crippen molar-refractivity contribution in [2.45, 2.75) is 38.3 Å². The highest BCUT2D eigenvalue weighted by Crippen LogP contribution is 2.40. The average molecular weight is 393 g/mol. The average Bonchev–Trinajstić information content (AvgIpc) is 3.15. The summed E-state index contributed by atoms with van der Waals surface area (Å²) >= 11 is 1.77. The normalized spacial score (nSPS) is 22.5. The van der Waals surface area contributed by atoms with E-state index in [-0.39, 0.29) is 11.4 Å². The fourth-order valence-corrected chi connectivity index (χ4v) is 5.50. The highest BCUT2D eigenvalue weighted by molar-refractivity contribution is 7.11. The minimum Gasteiger partial charge on any atom is -0.335 e. The molecule has 5 rings (SSSR count). The van der Waals surface area contributed by atoms with Crippen LogP contribution in [0.1, 0.15) is 39.6 Å². The number of benzene rings is 1. The Labute approximate surface area is 169 Å². The van der Waals surface area contributed by atoms with Crippen molar-refractivity contribution >= 4 is 28.0 Å². The van der Waals surface area contributed by atoms with Gasteiger partial charge in [-0.05, 0) is 37.6 Å². The largest absolute Gasteiger partial charge is 0.335 e. The van der Waals surface area contributed by atoms with Crippen molar-refractivity contribution in [3.63, 3.8) is 0 Å². The van der Waals surface area contributed by atoms with E-state index in [1.54, 1.807) is 17.5 Å². The molecule has 0 unspecified atom stereocenters. The van der Waals surface area contributed by atoms with Crippen molar-refractivity contribution in [2.75, 3.05) is 19.6 Å². The van der Waals surface area contributed by atoms with Gasteiger partial charge in [0.05, 0.1) is 5.01 Å².